The van der Waals surface area contributed by atoms with Crippen LogP contribution in [0.15, 0.2) is 24.3 Å². The van der Waals surface area contributed by atoms with E-state index in [-0.39, 0.29) is 5.91 Å². The molecule has 1 aromatic carbocycles. The Bertz CT molecular complexity index is 622. The molecule has 0 aliphatic heterocycles. The Labute approximate surface area is 123 Å². The predicted molar refractivity (Wildman–Crippen MR) is 78.7 cm³/mol. The van der Waals surface area contributed by atoms with E-state index in [1.54, 1.807) is 26.4 Å². The van der Waals surface area contributed by atoms with Crippen molar-refractivity contribution in [2.45, 2.75) is 19.9 Å². The molecule has 1 aromatic heterocycles. The van der Waals surface area contributed by atoms with Crippen molar-refractivity contribution in [1.29, 1.82) is 0 Å². The molecule has 2 rings (SSSR count). The first-order chi connectivity index (χ1) is 10.2. The molecule has 2 aromatic rings. The Balaban J connectivity index is 2.03. The second kappa shape index (κ2) is 6.78. The summed E-state index contributed by atoms with van der Waals surface area (Å²) in [5, 5.41) is 9.62. The highest BCUT2D eigenvalue weighted by atomic mass is 16.5. The summed E-state index contributed by atoms with van der Waals surface area (Å²) in [6, 6.07) is 7.22. The summed E-state index contributed by atoms with van der Waals surface area (Å²) in [5.74, 6) is 1.16. The number of rotatable bonds is 6. The molecule has 1 heterocycles. The Morgan fingerprint density at radius 3 is 2.71 bits per heavy atom. The third-order valence-electron chi connectivity index (χ3n) is 3.18. The number of aromatic amines is 1. The van der Waals surface area contributed by atoms with E-state index in [9.17, 15) is 4.79 Å². The Morgan fingerprint density at radius 1 is 1.29 bits per heavy atom. The zero-order valence-corrected chi connectivity index (χ0v) is 12.4. The van der Waals surface area contributed by atoms with Gasteiger partial charge in [0.1, 0.15) is 17.2 Å². The molecule has 0 fully saturated rings. The van der Waals surface area contributed by atoms with E-state index in [0.29, 0.717) is 23.7 Å². The maximum absolute atomic E-state index is 12.0. The van der Waals surface area contributed by atoms with E-state index < -0.39 is 0 Å². The van der Waals surface area contributed by atoms with Crippen LogP contribution < -0.4 is 14.8 Å². The minimum absolute atomic E-state index is 0.219. The highest BCUT2D eigenvalue weighted by Gasteiger charge is 2.11. The summed E-state index contributed by atoms with van der Waals surface area (Å²) in [6.07, 6.45) is 0.812. The monoisotopic (exact) mass is 289 g/mol. The van der Waals surface area contributed by atoms with Gasteiger partial charge < -0.3 is 14.8 Å². The van der Waals surface area contributed by atoms with Gasteiger partial charge in [-0.1, -0.05) is 6.92 Å². The molecule has 6 heteroatoms. The highest BCUT2D eigenvalue weighted by Crippen LogP contribution is 2.24. The van der Waals surface area contributed by atoms with Crippen molar-refractivity contribution in [3.05, 3.63) is 41.2 Å². The molecule has 112 valence electrons. The summed E-state index contributed by atoms with van der Waals surface area (Å²) in [4.78, 5) is 12.0. The third kappa shape index (κ3) is 3.53. The van der Waals surface area contributed by atoms with Gasteiger partial charge >= 0.3 is 0 Å². The van der Waals surface area contributed by atoms with E-state index >= 15 is 0 Å². The number of aromatic nitrogens is 2. The van der Waals surface area contributed by atoms with Gasteiger partial charge in [-0.25, -0.2) is 0 Å². The van der Waals surface area contributed by atoms with Crippen LogP contribution in [0.2, 0.25) is 0 Å². The maximum atomic E-state index is 12.0. The van der Waals surface area contributed by atoms with E-state index in [1.165, 1.54) is 0 Å². The second-order valence-electron chi connectivity index (χ2n) is 4.49. The van der Waals surface area contributed by atoms with Crippen molar-refractivity contribution in [3.63, 3.8) is 0 Å². The molecular weight excluding hydrogens is 270 g/mol. The number of aryl methyl sites for hydroxylation is 1. The van der Waals surface area contributed by atoms with Crippen LogP contribution in [0.25, 0.3) is 0 Å². The minimum atomic E-state index is -0.219. The molecule has 0 atom stereocenters. The lowest BCUT2D eigenvalue weighted by atomic mass is 10.2. The van der Waals surface area contributed by atoms with E-state index in [2.05, 4.69) is 15.5 Å². The van der Waals surface area contributed by atoms with Crippen LogP contribution in [-0.2, 0) is 13.0 Å². The number of hydrogen-bond acceptors (Lipinski definition) is 4. The topological polar surface area (TPSA) is 76.2 Å². The van der Waals surface area contributed by atoms with E-state index in [4.69, 9.17) is 9.47 Å². The van der Waals surface area contributed by atoms with Gasteiger partial charge in [-0.15, -0.1) is 0 Å². The van der Waals surface area contributed by atoms with Crippen molar-refractivity contribution in [2.24, 2.45) is 0 Å². The smallest absolute Gasteiger partial charge is 0.272 e. The Hall–Kier alpha value is -2.50. The molecule has 0 saturated carbocycles. The summed E-state index contributed by atoms with van der Waals surface area (Å²) in [6.45, 7) is 2.36. The van der Waals surface area contributed by atoms with Crippen LogP contribution in [0.3, 0.4) is 0 Å². The van der Waals surface area contributed by atoms with Gasteiger partial charge in [-0.05, 0) is 24.6 Å². The molecule has 0 radical (unpaired) electrons. The third-order valence-corrected chi connectivity index (χ3v) is 3.18. The minimum Gasteiger partial charge on any atom is -0.497 e. The quantitative estimate of drug-likeness (QED) is 0.852. The molecule has 0 aliphatic rings. The molecule has 6 nitrogen and oxygen atoms in total. The maximum Gasteiger partial charge on any atom is 0.272 e. The average Bonchev–Trinajstić information content (AvgIpc) is 3.01. The number of nitrogens with one attached hydrogen (secondary N) is 2. The summed E-state index contributed by atoms with van der Waals surface area (Å²) in [5.41, 5.74) is 2.19. The second-order valence-corrected chi connectivity index (χ2v) is 4.49. The molecule has 2 N–H and O–H groups in total. The lowest BCUT2D eigenvalue weighted by molar-refractivity contribution is 0.0945. The lowest BCUT2D eigenvalue weighted by Gasteiger charge is -2.10. The van der Waals surface area contributed by atoms with Gasteiger partial charge in [-0.3, -0.25) is 9.89 Å². The Morgan fingerprint density at radius 2 is 2.10 bits per heavy atom. The number of carbonyl (C=O) groups excluding carboxylic acids is 1. The first kappa shape index (κ1) is 14.9. The zero-order valence-electron chi connectivity index (χ0n) is 12.4. The van der Waals surface area contributed by atoms with Crippen LogP contribution in [0, 0.1) is 0 Å². The first-order valence-corrected chi connectivity index (χ1v) is 6.71. The van der Waals surface area contributed by atoms with Crippen LogP contribution in [0.1, 0.15) is 28.7 Å². The zero-order chi connectivity index (χ0) is 15.2. The van der Waals surface area contributed by atoms with Crippen molar-refractivity contribution in [3.8, 4) is 11.5 Å². The van der Waals surface area contributed by atoms with Crippen molar-refractivity contribution >= 4 is 5.91 Å². The molecule has 0 aliphatic carbocycles. The van der Waals surface area contributed by atoms with Gasteiger partial charge in [0, 0.05) is 23.9 Å². The summed E-state index contributed by atoms with van der Waals surface area (Å²) < 4.78 is 10.4. The van der Waals surface area contributed by atoms with Gasteiger partial charge in [0.2, 0.25) is 0 Å². The fourth-order valence-corrected chi connectivity index (χ4v) is 1.92. The molecule has 0 spiro atoms. The number of methoxy groups -OCH3 is 2. The number of H-pyrrole nitrogens is 1. The van der Waals surface area contributed by atoms with Crippen LogP contribution in [0.5, 0.6) is 11.5 Å². The number of nitrogens with zero attached hydrogens (tertiary/aromatic N) is 1. The number of hydrogen-bond donors (Lipinski definition) is 2. The number of ether oxygens (including phenoxy) is 2. The number of amides is 1. The SMILES string of the molecule is CCc1cc(C(=O)NCc2ccc(OC)cc2OC)n[nH]1. The highest BCUT2D eigenvalue weighted by molar-refractivity contribution is 5.92. The van der Waals surface area contributed by atoms with Gasteiger partial charge in [0.05, 0.1) is 14.2 Å². The van der Waals surface area contributed by atoms with Crippen molar-refractivity contribution in [1.82, 2.24) is 15.5 Å². The first-order valence-electron chi connectivity index (χ1n) is 6.71. The molecule has 0 unspecified atom stereocenters. The summed E-state index contributed by atoms with van der Waals surface area (Å²) >= 11 is 0. The molecule has 0 bridgehead atoms. The van der Waals surface area contributed by atoms with Crippen LogP contribution >= 0.6 is 0 Å². The van der Waals surface area contributed by atoms with Crippen molar-refractivity contribution < 1.29 is 14.3 Å². The summed E-state index contributed by atoms with van der Waals surface area (Å²) in [7, 11) is 3.18. The van der Waals surface area contributed by atoms with Gasteiger partial charge in [-0.2, -0.15) is 5.10 Å². The molecule has 0 saturated heterocycles. The van der Waals surface area contributed by atoms with Crippen LogP contribution in [-0.4, -0.2) is 30.3 Å². The van der Waals surface area contributed by atoms with Gasteiger partial charge in [0.25, 0.3) is 5.91 Å². The largest absolute Gasteiger partial charge is 0.497 e. The number of carbonyl (C=O) groups is 1. The van der Waals surface area contributed by atoms with E-state index in [0.717, 1.165) is 17.7 Å². The predicted octanol–water partition coefficient (Wildman–Crippen LogP) is 1.92. The molecule has 21 heavy (non-hydrogen) atoms. The van der Waals surface area contributed by atoms with Crippen LogP contribution in [0.4, 0.5) is 0 Å². The fraction of sp³-hybridized carbons (Fsp3) is 0.333. The average molecular weight is 289 g/mol. The fourth-order valence-electron chi connectivity index (χ4n) is 1.92. The molecular formula is C15H19N3O3. The van der Waals surface area contributed by atoms with Crippen molar-refractivity contribution in [2.75, 3.05) is 14.2 Å². The van der Waals surface area contributed by atoms with Gasteiger partial charge in [0.15, 0.2) is 0 Å². The Kier molecular flexibility index (Phi) is 4.81. The standard InChI is InChI=1S/C15H19N3O3/c1-4-11-7-13(18-17-11)15(19)16-9-10-5-6-12(20-2)8-14(10)21-3/h5-8H,4,9H2,1-3H3,(H,16,19)(H,17,18). The lowest BCUT2D eigenvalue weighted by Crippen LogP contribution is -2.23. The normalized spacial score (nSPS) is 10.2. The number of benzene rings is 1. The van der Waals surface area contributed by atoms with E-state index in [1.807, 2.05) is 19.1 Å². The molecule has 1 amide bonds.